The van der Waals surface area contributed by atoms with Crippen molar-refractivity contribution in [3.8, 4) is 0 Å². The number of halogens is 1. The molecule has 2 aromatic heterocycles. The lowest BCUT2D eigenvalue weighted by Crippen LogP contribution is -2.10. The number of thiophene rings is 1. The summed E-state index contributed by atoms with van der Waals surface area (Å²) in [7, 11) is 0. The molecule has 3 heterocycles. The van der Waals surface area contributed by atoms with Gasteiger partial charge in [0.15, 0.2) is 0 Å². The van der Waals surface area contributed by atoms with Crippen molar-refractivity contribution in [1.82, 2.24) is 10.2 Å². The molecule has 0 fully saturated rings. The Bertz CT molecular complexity index is 666. The van der Waals surface area contributed by atoms with Gasteiger partial charge in [-0.15, -0.1) is 16.4 Å². The highest BCUT2D eigenvalue weighted by Gasteiger charge is 2.18. The van der Waals surface area contributed by atoms with Crippen molar-refractivity contribution in [3.63, 3.8) is 0 Å². The van der Waals surface area contributed by atoms with E-state index in [-0.39, 0.29) is 17.8 Å². The van der Waals surface area contributed by atoms with Gasteiger partial charge in [0.25, 0.3) is 11.8 Å². The largest absolute Gasteiger partial charge is 0.494 e. The molecule has 7 nitrogen and oxygen atoms in total. The van der Waals surface area contributed by atoms with Gasteiger partial charge in [-0.2, -0.15) is 0 Å². The van der Waals surface area contributed by atoms with Crippen LogP contribution in [0.3, 0.4) is 0 Å². The number of amides is 1. The molecule has 104 valence electrons. The van der Waals surface area contributed by atoms with Crippen molar-refractivity contribution >= 4 is 40.6 Å². The second-order valence-corrected chi connectivity index (χ2v) is 5.39. The van der Waals surface area contributed by atoms with Gasteiger partial charge in [0.2, 0.25) is 5.76 Å². The zero-order valence-electron chi connectivity index (χ0n) is 9.96. The molecule has 1 aliphatic heterocycles. The lowest BCUT2D eigenvalue weighted by Gasteiger charge is -2.11. The van der Waals surface area contributed by atoms with E-state index in [0.717, 1.165) is 11.3 Å². The predicted octanol–water partition coefficient (Wildman–Crippen LogP) is 2.38. The Kier molecular flexibility index (Phi) is 3.57. The number of hydrogen-bond donors (Lipinski definition) is 1. The summed E-state index contributed by atoms with van der Waals surface area (Å²) < 4.78 is 16.2. The summed E-state index contributed by atoms with van der Waals surface area (Å²) >= 11 is 6.92. The van der Waals surface area contributed by atoms with Gasteiger partial charge in [0.05, 0.1) is 9.21 Å². The lowest BCUT2D eigenvalue weighted by atomic mass is 10.4. The fraction of sp³-hybridized carbons (Fsp3) is 0.182. The van der Waals surface area contributed by atoms with Crippen LogP contribution < -0.4 is 5.32 Å². The molecule has 0 aromatic carbocycles. The van der Waals surface area contributed by atoms with Gasteiger partial charge in [-0.3, -0.25) is 10.1 Å². The van der Waals surface area contributed by atoms with Crippen molar-refractivity contribution in [2.75, 3.05) is 18.5 Å². The number of nitrogens with zero attached hydrogens (tertiary/aromatic N) is 2. The van der Waals surface area contributed by atoms with E-state index in [0.29, 0.717) is 28.2 Å². The highest BCUT2D eigenvalue weighted by molar-refractivity contribution is 7.18. The Labute approximate surface area is 122 Å². The summed E-state index contributed by atoms with van der Waals surface area (Å²) in [5.74, 6) is 0.111. The molecule has 0 atom stereocenters. The summed E-state index contributed by atoms with van der Waals surface area (Å²) in [4.78, 5) is 12.3. The molecule has 3 rings (SSSR count). The monoisotopic (exact) mass is 313 g/mol. The fourth-order valence-electron chi connectivity index (χ4n) is 1.45. The van der Waals surface area contributed by atoms with E-state index in [1.165, 1.54) is 6.26 Å². The van der Waals surface area contributed by atoms with Crippen molar-refractivity contribution in [3.05, 3.63) is 33.5 Å². The maximum absolute atomic E-state index is 11.9. The molecule has 0 radical (unpaired) electrons. The summed E-state index contributed by atoms with van der Waals surface area (Å²) in [6, 6.07) is 3.23. The van der Waals surface area contributed by atoms with Crippen LogP contribution in [0.4, 0.5) is 6.01 Å². The molecule has 20 heavy (non-hydrogen) atoms. The van der Waals surface area contributed by atoms with E-state index in [4.69, 9.17) is 25.5 Å². The second-order valence-electron chi connectivity index (χ2n) is 3.67. The summed E-state index contributed by atoms with van der Waals surface area (Å²) in [6.45, 7) is 0.879. The van der Waals surface area contributed by atoms with Crippen LogP contribution in [0.1, 0.15) is 15.6 Å². The number of ether oxygens (including phenoxy) is 2. The molecule has 0 saturated heterocycles. The van der Waals surface area contributed by atoms with Crippen molar-refractivity contribution in [2.45, 2.75) is 0 Å². The van der Waals surface area contributed by atoms with Crippen LogP contribution in [0.15, 0.2) is 22.8 Å². The Balaban J connectivity index is 1.71. The van der Waals surface area contributed by atoms with E-state index in [9.17, 15) is 4.79 Å². The number of anilines is 1. The third kappa shape index (κ3) is 2.75. The Hall–Kier alpha value is -2.06. The molecule has 0 bridgehead atoms. The van der Waals surface area contributed by atoms with E-state index >= 15 is 0 Å². The molecular formula is C11H8ClN3O4S. The highest BCUT2D eigenvalue weighted by atomic mass is 35.5. The van der Waals surface area contributed by atoms with Gasteiger partial charge < -0.3 is 13.9 Å². The molecule has 1 amide bonds. The minimum absolute atomic E-state index is 0.0235. The van der Waals surface area contributed by atoms with E-state index in [2.05, 4.69) is 15.5 Å². The van der Waals surface area contributed by atoms with Crippen LogP contribution in [0, 0.1) is 0 Å². The standard InChI is InChI=1S/C11H8ClN3O4S/c12-8-2-1-7(20-8)9(16)13-11-15-14-10(19-11)6-5-17-3-4-18-6/h1-2,5H,3-4H2,(H,13,15,16). The van der Waals surface area contributed by atoms with Gasteiger partial charge in [-0.05, 0) is 12.1 Å². The molecule has 1 aliphatic rings. The summed E-state index contributed by atoms with van der Waals surface area (Å²) in [5.41, 5.74) is 0. The van der Waals surface area contributed by atoms with E-state index < -0.39 is 0 Å². The van der Waals surface area contributed by atoms with Gasteiger partial charge in [0, 0.05) is 0 Å². The maximum atomic E-state index is 11.9. The van der Waals surface area contributed by atoms with Crippen molar-refractivity contribution in [1.29, 1.82) is 0 Å². The predicted molar refractivity (Wildman–Crippen MR) is 71.5 cm³/mol. The first kappa shape index (κ1) is 12.9. The molecule has 0 saturated carbocycles. The smallest absolute Gasteiger partial charge is 0.322 e. The van der Waals surface area contributed by atoms with Crippen LogP contribution >= 0.6 is 22.9 Å². The highest BCUT2D eigenvalue weighted by Crippen LogP contribution is 2.23. The first-order valence-corrected chi connectivity index (χ1v) is 6.77. The van der Waals surface area contributed by atoms with Gasteiger partial charge in [0.1, 0.15) is 19.5 Å². The second kappa shape index (κ2) is 5.51. The van der Waals surface area contributed by atoms with Crippen molar-refractivity contribution in [2.24, 2.45) is 0 Å². The Morgan fingerprint density at radius 2 is 2.25 bits per heavy atom. The topological polar surface area (TPSA) is 86.5 Å². The first-order valence-electron chi connectivity index (χ1n) is 5.57. The molecular weight excluding hydrogens is 306 g/mol. The lowest BCUT2D eigenvalue weighted by molar-refractivity contribution is 0.102. The molecule has 9 heteroatoms. The van der Waals surface area contributed by atoms with Gasteiger partial charge >= 0.3 is 6.01 Å². The van der Waals surface area contributed by atoms with Crippen LogP contribution in [-0.2, 0) is 9.47 Å². The molecule has 0 aliphatic carbocycles. The van der Waals surface area contributed by atoms with E-state index in [1.54, 1.807) is 12.1 Å². The molecule has 0 spiro atoms. The molecule has 1 N–H and O–H groups in total. The SMILES string of the molecule is O=C(Nc1nnc(C2=COCCO2)o1)c1ccc(Cl)s1. The van der Waals surface area contributed by atoms with E-state index in [1.807, 2.05) is 0 Å². The van der Waals surface area contributed by atoms with Crippen LogP contribution in [0.2, 0.25) is 4.34 Å². The number of carbonyl (C=O) groups is 1. The maximum Gasteiger partial charge on any atom is 0.322 e. The minimum Gasteiger partial charge on any atom is -0.494 e. The van der Waals surface area contributed by atoms with Gasteiger partial charge in [-0.25, -0.2) is 0 Å². The van der Waals surface area contributed by atoms with Crippen LogP contribution in [-0.4, -0.2) is 29.3 Å². The third-order valence-corrected chi connectivity index (χ3v) is 3.53. The Morgan fingerprint density at radius 1 is 1.35 bits per heavy atom. The van der Waals surface area contributed by atoms with Crippen LogP contribution in [0.5, 0.6) is 0 Å². The zero-order chi connectivity index (χ0) is 13.9. The minimum atomic E-state index is -0.369. The number of aromatic nitrogens is 2. The third-order valence-electron chi connectivity index (χ3n) is 2.30. The zero-order valence-corrected chi connectivity index (χ0v) is 11.5. The van der Waals surface area contributed by atoms with Gasteiger partial charge in [-0.1, -0.05) is 16.7 Å². The summed E-state index contributed by atoms with van der Waals surface area (Å²) in [6.07, 6.45) is 1.39. The quantitative estimate of drug-likeness (QED) is 0.936. The number of hydrogen-bond acceptors (Lipinski definition) is 7. The number of nitrogens with one attached hydrogen (secondary N) is 1. The fourth-order valence-corrected chi connectivity index (χ4v) is 2.39. The normalized spacial score (nSPS) is 14.2. The molecule has 2 aromatic rings. The average Bonchev–Trinajstić information content (AvgIpc) is 3.09. The first-order chi connectivity index (χ1) is 9.72. The molecule has 0 unspecified atom stereocenters. The number of carbonyl (C=O) groups excluding carboxylic acids is 1. The average molecular weight is 314 g/mol. The number of rotatable bonds is 3. The van der Waals surface area contributed by atoms with Crippen LogP contribution in [0.25, 0.3) is 5.76 Å². The van der Waals surface area contributed by atoms with Crippen molar-refractivity contribution < 1.29 is 18.7 Å². The Morgan fingerprint density at radius 3 is 2.95 bits per heavy atom. The summed E-state index contributed by atoms with van der Waals surface area (Å²) in [5, 5.41) is 9.95.